The van der Waals surface area contributed by atoms with E-state index in [4.69, 9.17) is 23.2 Å². The van der Waals surface area contributed by atoms with Crippen molar-refractivity contribution in [3.63, 3.8) is 0 Å². The van der Waals surface area contributed by atoms with Crippen molar-refractivity contribution in [2.75, 3.05) is 45.2 Å². The van der Waals surface area contributed by atoms with E-state index in [1.807, 2.05) is 12.1 Å². The highest BCUT2D eigenvalue weighted by Gasteiger charge is 2.62. The molecule has 0 saturated carbocycles. The molecular formula is C30H36Cl2F3N3O3. The van der Waals surface area contributed by atoms with E-state index >= 15 is 0 Å². The molecule has 0 spiro atoms. The number of halogens is 5. The van der Waals surface area contributed by atoms with Crippen LogP contribution in [0.4, 0.5) is 18.9 Å². The molecule has 1 atom stereocenters. The zero-order valence-corrected chi connectivity index (χ0v) is 25.0. The average molecular weight is 615 g/mol. The number of rotatable bonds is 6. The van der Waals surface area contributed by atoms with Crippen molar-refractivity contribution in [2.24, 2.45) is 11.3 Å². The van der Waals surface area contributed by atoms with Crippen LogP contribution in [0.15, 0.2) is 42.5 Å². The number of likely N-dealkylation sites (tertiary alicyclic amines) is 1. The fourth-order valence-electron chi connectivity index (χ4n) is 6.01. The van der Waals surface area contributed by atoms with Crippen molar-refractivity contribution in [2.45, 2.75) is 50.8 Å². The zero-order valence-electron chi connectivity index (χ0n) is 23.5. The molecule has 2 saturated heterocycles. The van der Waals surface area contributed by atoms with E-state index in [-0.39, 0.29) is 29.4 Å². The lowest BCUT2D eigenvalue weighted by atomic mass is 9.71. The van der Waals surface area contributed by atoms with Crippen molar-refractivity contribution in [1.29, 1.82) is 0 Å². The monoisotopic (exact) mass is 613 g/mol. The normalized spacial score (nSPS) is 19.5. The first-order chi connectivity index (χ1) is 19.1. The summed E-state index contributed by atoms with van der Waals surface area (Å²) in [6.45, 7) is 4.09. The molecule has 2 fully saturated rings. The number of amides is 2. The van der Waals surface area contributed by atoms with Gasteiger partial charge in [0.2, 0.25) is 0 Å². The summed E-state index contributed by atoms with van der Waals surface area (Å²) in [4.78, 5) is 30.3. The van der Waals surface area contributed by atoms with Crippen LogP contribution in [0.3, 0.4) is 0 Å². The molecule has 2 heterocycles. The Hall–Kier alpha value is -2.49. The molecule has 0 radical (unpaired) electrons. The molecule has 0 unspecified atom stereocenters. The molecule has 11 heteroatoms. The summed E-state index contributed by atoms with van der Waals surface area (Å²) in [6, 6.07) is 10.2. The maximum absolute atomic E-state index is 14.1. The highest BCUT2D eigenvalue weighted by Crippen LogP contribution is 2.44. The summed E-state index contributed by atoms with van der Waals surface area (Å²) in [6.07, 6.45) is -1.26. The number of carbonyl (C=O) groups is 2. The number of benzene rings is 2. The van der Waals surface area contributed by atoms with Gasteiger partial charge in [0.15, 0.2) is 0 Å². The van der Waals surface area contributed by atoms with Crippen LogP contribution >= 0.6 is 23.2 Å². The van der Waals surface area contributed by atoms with Crippen LogP contribution < -0.4 is 4.90 Å². The minimum Gasteiger partial charge on any atom is -0.371 e. The number of alkyl halides is 3. The van der Waals surface area contributed by atoms with Gasteiger partial charge in [-0.2, -0.15) is 13.2 Å². The van der Waals surface area contributed by atoms with E-state index in [2.05, 4.69) is 11.8 Å². The smallest absolute Gasteiger partial charge is 0.371 e. The summed E-state index contributed by atoms with van der Waals surface area (Å²) < 4.78 is 42.2. The van der Waals surface area contributed by atoms with Crippen LogP contribution in [0.2, 0.25) is 10.0 Å². The van der Waals surface area contributed by atoms with E-state index in [1.165, 1.54) is 17.0 Å². The van der Waals surface area contributed by atoms with Gasteiger partial charge < -0.3 is 19.8 Å². The van der Waals surface area contributed by atoms with Crippen molar-refractivity contribution >= 4 is 40.7 Å². The van der Waals surface area contributed by atoms with Crippen molar-refractivity contribution in [3.8, 4) is 0 Å². The average Bonchev–Trinajstić information content (AvgIpc) is 2.92. The van der Waals surface area contributed by atoms with Crippen molar-refractivity contribution in [1.82, 2.24) is 9.80 Å². The molecule has 2 aliphatic heterocycles. The van der Waals surface area contributed by atoms with Gasteiger partial charge in [-0.25, -0.2) is 0 Å². The maximum atomic E-state index is 14.1. The van der Waals surface area contributed by atoms with Crippen LogP contribution in [0, 0.1) is 11.3 Å². The third kappa shape index (κ3) is 6.62. The quantitative estimate of drug-likeness (QED) is 0.410. The fourth-order valence-corrected chi connectivity index (χ4v) is 6.46. The Kier molecular flexibility index (Phi) is 9.21. The minimum atomic E-state index is -5.20. The van der Waals surface area contributed by atoms with Gasteiger partial charge in [0.25, 0.3) is 17.4 Å². The molecule has 2 aromatic carbocycles. The summed E-state index contributed by atoms with van der Waals surface area (Å²) in [7, 11) is 3.37. The third-order valence-electron chi connectivity index (χ3n) is 8.57. The Labute approximate surface area is 249 Å². The summed E-state index contributed by atoms with van der Waals surface area (Å²) >= 11 is 12.3. The van der Waals surface area contributed by atoms with E-state index in [0.29, 0.717) is 29.3 Å². The first kappa shape index (κ1) is 31.4. The van der Waals surface area contributed by atoms with Gasteiger partial charge in [-0.15, -0.1) is 0 Å². The standard InChI is InChI=1S/C30H36Cl2F3N3O3/c1-28(19-20-9-13-37(14-10-20)23-7-8-24(25(32)18-23)26(39)36(2)3)11-15-38(16-12-28)27(40)29(41,30(33,34)35)21-5-4-6-22(31)17-21/h4-8,17-18,20,41H,9-16,19H2,1-3H3/t29-/m1/s1. The molecule has 224 valence electrons. The first-order valence-electron chi connectivity index (χ1n) is 13.8. The predicted octanol–water partition coefficient (Wildman–Crippen LogP) is 6.38. The van der Waals surface area contributed by atoms with Gasteiger partial charge in [-0.3, -0.25) is 9.59 Å². The van der Waals surface area contributed by atoms with Gasteiger partial charge in [-0.05, 0) is 73.8 Å². The molecule has 4 rings (SSSR count). The molecule has 0 aliphatic carbocycles. The number of hydrogen-bond acceptors (Lipinski definition) is 4. The summed E-state index contributed by atoms with van der Waals surface area (Å²) in [5.74, 6) is -1.06. The summed E-state index contributed by atoms with van der Waals surface area (Å²) in [5, 5.41) is 11.2. The Morgan fingerprint density at radius 2 is 1.66 bits per heavy atom. The van der Waals surface area contributed by atoms with Crippen molar-refractivity contribution in [3.05, 3.63) is 63.6 Å². The Morgan fingerprint density at radius 3 is 2.20 bits per heavy atom. The van der Waals surface area contributed by atoms with E-state index in [1.54, 1.807) is 20.2 Å². The van der Waals surface area contributed by atoms with Crippen LogP contribution in [0.25, 0.3) is 0 Å². The maximum Gasteiger partial charge on any atom is 0.430 e. The van der Waals surface area contributed by atoms with Gasteiger partial charge in [0, 0.05) is 56.5 Å². The lowest BCUT2D eigenvalue weighted by Crippen LogP contribution is -2.57. The fraction of sp³-hybridized carbons (Fsp3) is 0.533. The number of piperidine rings is 2. The van der Waals surface area contributed by atoms with Gasteiger partial charge >= 0.3 is 6.18 Å². The molecule has 2 aliphatic rings. The number of carbonyl (C=O) groups excluding carboxylic acids is 2. The highest BCUT2D eigenvalue weighted by atomic mass is 35.5. The third-order valence-corrected chi connectivity index (χ3v) is 9.12. The molecule has 2 amide bonds. The minimum absolute atomic E-state index is 0.00906. The number of anilines is 1. The second-order valence-corrected chi connectivity index (χ2v) is 12.7. The summed E-state index contributed by atoms with van der Waals surface area (Å²) in [5.41, 5.74) is -2.91. The highest BCUT2D eigenvalue weighted by molar-refractivity contribution is 6.34. The van der Waals surface area contributed by atoms with Gasteiger partial charge in [-0.1, -0.05) is 42.3 Å². The molecular weight excluding hydrogens is 578 g/mol. The van der Waals surface area contributed by atoms with Crippen molar-refractivity contribution < 1.29 is 27.9 Å². The molecule has 2 aromatic rings. The van der Waals surface area contributed by atoms with Gasteiger partial charge in [0.1, 0.15) is 0 Å². The molecule has 1 N–H and O–H groups in total. The lowest BCUT2D eigenvalue weighted by Gasteiger charge is -2.45. The second kappa shape index (κ2) is 12.0. The van der Waals surface area contributed by atoms with E-state index in [9.17, 15) is 27.9 Å². The Morgan fingerprint density at radius 1 is 1.02 bits per heavy atom. The van der Waals surface area contributed by atoms with Crippen LogP contribution in [-0.4, -0.2) is 73.2 Å². The SMILES string of the molecule is CN(C)C(=O)c1ccc(N2CCC(CC3(C)CCN(C(=O)[C@](O)(c4cccc(Cl)c4)C(F)(F)F)CC3)CC2)cc1Cl. The zero-order chi connectivity index (χ0) is 30.2. The van der Waals surface area contributed by atoms with Gasteiger partial charge in [0.05, 0.1) is 10.6 Å². The predicted molar refractivity (Wildman–Crippen MR) is 154 cm³/mol. The van der Waals surface area contributed by atoms with Crippen LogP contribution in [-0.2, 0) is 10.4 Å². The number of aliphatic hydroxyl groups is 1. The Bertz CT molecular complexity index is 1270. The Balaban J connectivity index is 1.34. The topological polar surface area (TPSA) is 64.1 Å². The first-order valence-corrected chi connectivity index (χ1v) is 14.5. The molecule has 6 nitrogen and oxygen atoms in total. The number of hydrogen-bond donors (Lipinski definition) is 1. The van der Waals surface area contributed by atoms with E-state index in [0.717, 1.165) is 55.1 Å². The number of nitrogens with zero attached hydrogens (tertiary/aromatic N) is 3. The lowest BCUT2D eigenvalue weighted by molar-refractivity contribution is -0.262. The largest absolute Gasteiger partial charge is 0.430 e. The molecule has 41 heavy (non-hydrogen) atoms. The second-order valence-electron chi connectivity index (χ2n) is 11.8. The molecule has 0 bridgehead atoms. The molecule has 0 aromatic heterocycles. The van der Waals surface area contributed by atoms with Crippen LogP contribution in [0.5, 0.6) is 0 Å². The van der Waals surface area contributed by atoms with Crippen LogP contribution in [0.1, 0.15) is 54.9 Å². The van der Waals surface area contributed by atoms with E-state index < -0.39 is 23.2 Å².